The van der Waals surface area contributed by atoms with Crippen molar-refractivity contribution in [2.45, 2.75) is 39.7 Å². The first-order chi connectivity index (χ1) is 11.0. The lowest BCUT2D eigenvalue weighted by Crippen LogP contribution is -2.43. The number of carbonyl (C=O) groups excluding carboxylic acids is 1. The van der Waals surface area contributed by atoms with Crippen molar-refractivity contribution in [3.8, 4) is 5.75 Å². The molecule has 1 aromatic carbocycles. The van der Waals surface area contributed by atoms with Gasteiger partial charge in [-0.1, -0.05) is 20.8 Å². The third-order valence-corrected chi connectivity index (χ3v) is 4.35. The van der Waals surface area contributed by atoms with Crippen LogP contribution in [0.2, 0.25) is 0 Å². The number of likely N-dealkylation sites (tertiary alicyclic amines) is 1. The van der Waals surface area contributed by atoms with E-state index in [1.165, 1.54) is 6.42 Å². The molecule has 1 aliphatic heterocycles. The number of rotatable bonds is 7. The number of ether oxygens (including phenoxy) is 1. The maximum absolute atomic E-state index is 11.6. The van der Waals surface area contributed by atoms with Gasteiger partial charge in [0.25, 0.3) is 0 Å². The largest absolute Gasteiger partial charge is 0.491 e. The van der Waals surface area contributed by atoms with Gasteiger partial charge in [0.2, 0.25) is 0 Å². The van der Waals surface area contributed by atoms with Gasteiger partial charge in [-0.3, -0.25) is 4.79 Å². The Hall–Kier alpha value is -1.39. The predicted molar refractivity (Wildman–Crippen MR) is 92.0 cm³/mol. The molecule has 0 unspecified atom stereocenters. The lowest BCUT2D eigenvalue weighted by molar-refractivity contribution is 0.0429. The molecular formula is C19H29NO3. The monoisotopic (exact) mass is 319 g/mol. The van der Waals surface area contributed by atoms with Gasteiger partial charge in [0.05, 0.1) is 0 Å². The molecule has 1 aromatic rings. The van der Waals surface area contributed by atoms with Gasteiger partial charge in [-0.05, 0) is 42.5 Å². The van der Waals surface area contributed by atoms with Crippen LogP contribution >= 0.6 is 0 Å². The van der Waals surface area contributed by atoms with Crippen LogP contribution in [0.4, 0.5) is 0 Å². The van der Waals surface area contributed by atoms with Crippen molar-refractivity contribution in [1.82, 2.24) is 4.90 Å². The Morgan fingerprint density at radius 2 is 1.87 bits per heavy atom. The number of hydrogen-bond acceptors (Lipinski definition) is 4. The molecule has 0 amide bonds. The van der Waals surface area contributed by atoms with Crippen LogP contribution in [0.15, 0.2) is 24.3 Å². The number of carbonyl (C=O) groups is 1. The summed E-state index contributed by atoms with van der Waals surface area (Å²) in [7, 11) is 0. The number of aliphatic hydroxyl groups is 1. The average Bonchev–Trinajstić information content (AvgIpc) is 2.51. The van der Waals surface area contributed by atoms with E-state index in [1.54, 1.807) is 24.3 Å². The molecular weight excluding hydrogens is 290 g/mol. The number of nitrogens with zero attached hydrogens (tertiary/aromatic N) is 1. The number of piperidine rings is 1. The first-order valence-electron chi connectivity index (χ1n) is 8.64. The molecule has 2 rings (SSSR count). The number of hydrogen-bond donors (Lipinski definition) is 1. The van der Waals surface area contributed by atoms with Gasteiger partial charge < -0.3 is 14.7 Å². The zero-order valence-corrected chi connectivity index (χ0v) is 14.5. The summed E-state index contributed by atoms with van der Waals surface area (Å²) in [5.74, 6) is 2.20. The molecule has 0 saturated carbocycles. The molecule has 1 saturated heterocycles. The smallest absolute Gasteiger partial charge is 0.162 e. The minimum Gasteiger partial charge on any atom is -0.491 e. The Morgan fingerprint density at radius 1 is 1.26 bits per heavy atom. The van der Waals surface area contributed by atoms with Crippen LogP contribution in [0.25, 0.3) is 0 Å². The summed E-state index contributed by atoms with van der Waals surface area (Å²) in [5, 5.41) is 10.2. The number of β-amino-alcohol motifs (C(OH)–C–C–N with tert-alkyl or cyclic N) is 1. The van der Waals surface area contributed by atoms with Gasteiger partial charge >= 0.3 is 0 Å². The summed E-state index contributed by atoms with van der Waals surface area (Å²) in [6, 6.07) is 7.14. The second-order valence-corrected chi connectivity index (χ2v) is 6.93. The van der Waals surface area contributed by atoms with Crippen LogP contribution in [-0.4, -0.2) is 48.1 Å². The minimum atomic E-state index is -0.496. The van der Waals surface area contributed by atoms with Gasteiger partial charge in [-0.25, -0.2) is 0 Å². The average molecular weight is 319 g/mol. The zero-order valence-electron chi connectivity index (χ0n) is 14.5. The van der Waals surface area contributed by atoms with E-state index in [4.69, 9.17) is 4.74 Å². The van der Waals surface area contributed by atoms with E-state index in [0.717, 1.165) is 13.1 Å². The Balaban J connectivity index is 1.77. The fourth-order valence-electron chi connectivity index (χ4n) is 3.43. The lowest BCUT2D eigenvalue weighted by Gasteiger charge is -2.35. The summed E-state index contributed by atoms with van der Waals surface area (Å²) in [6.45, 7) is 9.42. The van der Waals surface area contributed by atoms with Crippen LogP contribution in [0.3, 0.4) is 0 Å². The van der Waals surface area contributed by atoms with Crippen molar-refractivity contribution in [3.63, 3.8) is 0 Å². The normalized spacial score (nSPS) is 23.5. The molecule has 1 N–H and O–H groups in total. The Labute approximate surface area is 139 Å². The summed E-state index contributed by atoms with van der Waals surface area (Å²) in [5.41, 5.74) is 0.705. The first kappa shape index (κ1) is 18.0. The fraction of sp³-hybridized carbons (Fsp3) is 0.632. The molecule has 128 valence electrons. The molecule has 1 aliphatic rings. The number of aliphatic hydroxyl groups excluding tert-OH is 1. The van der Waals surface area contributed by atoms with Gasteiger partial charge in [-0.15, -0.1) is 0 Å². The standard InChI is InChI=1S/C19H29NO3/c1-4-19(22)16-5-7-18(8-6-16)23-13-17(21)12-20-10-14(2)9-15(3)11-20/h5-8,14-15,17,21H,4,9-13H2,1-3H3/t14-,15-,17-/m0/s1. The molecule has 4 heteroatoms. The summed E-state index contributed by atoms with van der Waals surface area (Å²) >= 11 is 0. The summed E-state index contributed by atoms with van der Waals surface area (Å²) in [4.78, 5) is 13.9. The second kappa shape index (κ2) is 8.46. The zero-order chi connectivity index (χ0) is 16.8. The Morgan fingerprint density at radius 3 is 2.43 bits per heavy atom. The van der Waals surface area contributed by atoms with E-state index in [-0.39, 0.29) is 12.4 Å². The molecule has 0 radical (unpaired) electrons. The number of ketones is 1. The van der Waals surface area contributed by atoms with E-state index < -0.39 is 6.10 Å². The van der Waals surface area contributed by atoms with E-state index in [2.05, 4.69) is 18.7 Å². The highest BCUT2D eigenvalue weighted by molar-refractivity contribution is 5.95. The molecule has 4 nitrogen and oxygen atoms in total. The van der Waals surface area contributed by atoms with Crippen molar-refractivity contribution < 1.29 is 14.6 Å². The van der Waals surface area contributed by atoms with Crippen molar-refractivity contribution in [2.24, 2.45) is 11.8 Å². The molecule has 23 heavy (non-hydrogen) atoms. The minimum absolute atomic E-state index is 0.130. The highest BCUT2D eigenvalue weighted by atomic mass is 16.5. The van der Waals surface area contributed by atoms with Crippen molar-refractivity contribution in [1.29, 1.82) is 0 Å². The van der Waals surface area contributed by atoms with Crippen molar-refractivity contribution in [2.75, 3.05) is 26.2 Å². The first-order valence-corrected chi connectivity index (χ1v) is 8.64. The van der Waals surface area contributed by atoms with Gasteiger partial charge in [0.15, 0.2) is 5.78 Å². The highest BCUT2D eigenvalue weighted by Crippen LogP contribution is 2.21. The third kappa shape index (κ3) is 5.63. The van der Waals surface area contributed by atoms with Gasteiger partial charge in [0, 0.05) is 31.6 Å². The van der Waals surface area contributed by atoms with Gasteiger partial charge in [0.1, 0.15) is 18.5 Å². The maximum Gasteiger partial charge on any atom is 0.162 e. The Bertz CT molecular complexity index is 490. The molecule has 0 aliphatic carbocycles. The van der Waals surface area contributed by atoms with E-state index in [0.29, 0.717) is 36.1 Å². The fourth-order valence-corrected chi connectivity index (χ4v) is 3.43. The number of Topliss-reactive ketones (excluding diaryl/α,β-unsaturated/α-hetero) is 1. The van der Waals surface area contributed by atoms with Crippen LogP contribution in [0.5, 0.6) is 5.75 Å². The van der Waals surface area contributed by atoms with E-state index in [1.807, 2.05) is 6.92 Å². The topological polar surface area (TPSA) is 49.8 Å². The quantitative estimate of drug-likeness (QED) is 0.785. The maximum atomic E-state index is 11.6. The predicted octanol–water partition coefficient (Wildman–Crippen LogP) is 3.00. The number of benzene rings is 1. The van der Waals surface area contributed by atoms with Crippen LogP contribution in [0.1, 0.15) is 44.0 Å². The molecule has 0 spiro atoms. The van der Waals surface area contributed by atoms with Crippen molar-refractivity contribution >= 4 is 5.78 Å². The lowest BCUT2D eigenvalue weighted by atomic mass is 9.92. The molecule has 1 heterocycles. The van der Waals surface area contributed by atoms with Crippen LogP contribution < -0.4 is 4.74 Å². The molecule has 3 atom stereocenters. The second-order valence-electron chi connectivity index (χ2n) is 6.93. The van der Waals surface area contributed by atoms with E-state index >= 15 is 0 Å². The van der Waals surface area contributed by atoms with Crippen molar-refractivity contribution in [3.05, 3.63) is 29.8 Å². The third-order valence-electron chi connectivity index (χ3n) is 4.35. The van der Waals surface area contributed by atoms with Gasteiger partial charge in [-0.2, -0.15) is 0 Å². The summed E-state index contributed by atoms with van der Waals surface area (Å²) < 4.78 is 5.64. The Kier molecular flexibility index (Phi) is 6.60. The highest BCUT2D eigenvalue weighted by Gasteiger charge is 2.23. The summed E-state index contributed by atoms with van der Waals surface area (Å²) in [6.07, 6.45) is 1.28. The van der Waals surface area contributed by atoms with Crippen LogP contribution in [0, 0.1) is 11.8 Å². The molecule has 0 aromatic heterocycles. The van der Waals surface area contributed by atoms with E-state index in [9.17, 15) is 9.90 Å². The molecule has 1 fully saturated rings. The molecule has 0 bridgehead atoms. The SMILES string of the molecule is CCC(=O)c1ccc(OC[C@@H](O)CN2C[C@@H](C)C[C@H](C)C2)cc1. The van der Waals surface area contributed by atoms with Crippen LogP contribution in [-0.2, 0) is 0 Å².